The number of aliphatic hydroxyl groups is 1. The van der Waals surface area contributed by atoms with Crippen molar-refractivity contribution in [2.45, 2.75) is 39.0 Å². The number of pyridine rings is 2. The van der Waals surface area contributed by atoms with Crippen LogP contribution < -0.4 is 15.5 Å². The Morgan fingerprint density at radius 2 is 2.03 bits per heavy atom. The van der Waals surface area contributed by atoms with Crippen LogP contribution in [0.4, 0.5) is 17.5 Å². The van der Waals surface area contributed by atoms with Gasteiger partial charge in [0.1, 0.15) is 11.5 Å². The molecule has 9 nitrogen and oxygen atoms in total. The molecule has 3 N–H and O–H groups in total. The first kappa shape index (κ1) is 20.6. The van der Waals surface area contributed by atoms with Crippen LogP contribution in [-0.4, -0.2) is 60.9 Å². The third-order valence-electron chi connectivity index (χ3n) is 5.78. The van der Waals surface area contributed by atoms with Crippen LogP contribution in [0.5, 0.6) is 0 Å². The van der Waals surface area contributed by atoms with Crippen molar-refractivity contribution < 1.29 is 5.11 Å². The van der Waals surface area contributed by atoms with Gasteiger partial charge in [-0.05, 0) is 39.0 Å². The second-order valence-corrected chi connectivity index (χ2v) is 9.04. The van der Waals surface area contributed by atoms with Gasteiger partial charge < -0.3 is 25.2 Å². The molecule has 1 aliphatic rings. The van der Waals surface area contributed by atoms with E-state index in [4.69, 9.17) is 4.98 Å². The number of piperazine rings is 1. The van der Waals surface area contributed by atoms with Gasteiger partial charge in [0.15, 0.2) is 0 Å². The Hall–Kier alpha value is -3.30. The summed E-state index contributed by atoms with van der Waals surface area (Å²) >= 11 is 0. The maximum Gasteiger partial charge on any atom is 0.230 e. The summed E-state index contributed by atoms with van der Waals surface area (Å²) in [6.45, 7) is 9.46. The van der Waals surface area contributed by atoms with Gasteiger partial charge in [0.2, 0.25) is 5.95 Å². The van der Waals surface area contributed by atoms with E-state index in [0.29, 0.717) is 18.3 Å². The molecule has 0 bridgehead atoms. The predicted molar refractivity (Wildman–Crippen MR) is 126 cm³/mol. The highest BCUT2D eigenvalue weighted by molar-refractivity contribution is 6.06. The van der Waals surface area contributed by atoms with Crippen molar-refractivity contribution in [3.05, 3.63) is 43.0 Å². The quantitative estimate of drug-likeness (QED) is 0.442. The molecular weight excluding hydrogens is 404 g/mol. The predicted octanol–water partition coefficient (Wildman–Crippen LogP) is 2.69. The van der Waals surface area contributed by atoms with Crippen LogP contribution in [0, 0.1) is 0 Å². The number of hydrogen-bond acceptors (Lipinski definition) is 8. The summed E-state index contributed by atoms with van der Waals surface area (Å²) < 4.78 is 1.98. The SMILES string of the molecule is C[C@@H](O)Cn1c2cnccc2c2cnc(Nc3ccc(N4CCNC(C)(C)C4)cn3)nc21. The van der Waals surface area contributed by atoms with E-state index >= 15 is 0 Å². The van der Waals surface area contributed by atoms with Crippen molar-refractivity contribution in [3.63, 3.8) is 0 Å². The molecule has 9 heteroatoms. The van der Waals surface area contributed by atoms with E-state index in [1.54, 1.807) is 19.3 Å². The lowest BCUT2D eigenvalue weighted by Crippen LogP contribution is -2.57. The van der Waals surface area contributed by atoms with E-state index in [2.05, 4.69) is 50.4 Å². The molecule has 32 heavy (non-hydrogen) atoms. The minimum absolute atomic E-state index is 0.0818. The molecule has 0 radical (unpaired) electrons. The number of aromatic nitrogens is 5. The van der Waals surface area contributed by atoms with Gasteiger partial charge in [0.25, 0.3) is 0 Å². The number of fused-ring (bicyclic) bond motifs is 3. The summed E-state index contributed by atoms with van der Waals surface area (Å²) in [7, 11) is 0. The Kier molecular flexibility index (Phi) is 5.15. The van der Waals surface area contributed by atoms with Crippen molar-refractivity contribution >= 4 is 39.4 Å². The molecule has 1 aliphatic heterocycles. The molecule has 4 aromatic heterocycles. The Balaban J connectivity index is 1.42. The van der Waals surface area contributed by atoms with E-state index < -0.39 is 6.10 Å². The topological polar surface area (TPSA) is 104 Å². The van der Waals surface area contributed by atoms with Crippen LogP contribution >= 0.6 is 0 Å². The fourth-order valence-corrected chi connectivity index (χ4v) is 4.34. The average Bonchev–Trinajstić information content (AvgIpc) is 3.06. The molecule has 1 saturated heterocycles. The van der Waals surface area contributed by atoms with Crippen LogP contribution in [0.2, 0.25) is 0 Å². The minimum atomic E-state index is -0.510. The van der Waals surface area contributed by atoms with Gasteiger partial charge in [-0.15, -0.1) is 0 Å². The average molecular weight is 433 g/mol. The number of hydrogen-bond donors (Lipinski definition) is 3. The lowest BCUT2D eigenvalue weighted by atomic mass is 10.0. The zero-order valence-electron chi connectivity index (χ0n) is 18.6. The summed E-state index contributed by atoms with van der Waals surface area (Å²) in [6.07, 6.45) is 6.74. The van der Waals surface area contributed by atoms with Gasteiger partial charge in [-0.3, -0.25) is 4.98 Å². The third-order valence-corrected chi connectivity index (χ3v) is 5.78. The number of nitrogens with zero attached hydrogens (tertiary/aromatic N) is 6. The van der Waals surface area contributed by atoms with Crippen molar-refractivity contribution in [2.75, 3.05) is 29.9 Å². The normalized spacial score (nSPS) is 17.1. The molecule has 0 saturated carbocycles. The summed E-state index contributed by atoms with van der Waals surface area (Å²) in [6, 6.07) is 5.98. The molecule has 5 heterocycles. The molecule has 4 aromatic rings. The van der Waals surface area contributed by atoms with Crippen LogP contribution in [0.25, 0.3) is 21.9 Å². The standard InChI is InChI=1S/C23H28N8O/c1-15(32)13-31-19-12-24-7-6-17(19)18-11-26-22(29-21(18)31)28-20-5-4-16(10-25-20)30-9-8-27-23(2,3)14-30/h4-7,10-12,15,27,32H,8-9,13-14H2,1-3H3,(H,25,26,28,29)/t15-/m1/s1. The summed E-state index contributed by atoms with van der Waals surface area (Å²) in [5, 5.41) is 18.7. The smallest absolute Gasteiger partial charge is 0.230 e. The fourth-order valence-electron chi connectivity index (χ4n) is 4.34. The van der Waals surface area contributed by atoms with Crippen LogP contribution in [0.3, 0.4) is 0 Å². The van der Waals surface area contributed by atoms with Gasteiger partial charge in [-0.25, -0.2) is 9.97 Å². The molecular formula is C23H28N8O. The molecule has 0 aromatic carbocycles. The highest BCUT2D eigenvalue weighted by Crippen LogP contribution is 2.28. The minimum Gasteiger partial charge on any atom is -0.392 e. The van der Waals surface area contributed by atoms with E-state index in [9.17, 15) is 5.11 Å². The number of anilines is 3. The molecule has 1 fully saturated rings. The molecule has 1 atom stereocenters. The zero-order chi connectivity index (χ0) is 22.3. The van der Waals surface area contributed by atoms with Crippen molar-refractivity contribution in [3.8, 4) is 0 Å². The van der Waals surface area contributed by atoms with E-state index in [0.717, 1.165) is 47.3 Å². The molecule has 0 aliphatic carbocycles. The van der Waals surface area contributed by atoms with Crippen molar-refractivity contribution in [2.24, 2.45) is 0 Å². The lowest BCUT2D eigenvalue weighted by molar-refractivity contribution is 0.176. The van der Waals surface area contributed by atoms with Gasteiger partial charge >= 0.3 is 0 Å². The summed E-state index contributed by atoms with van der Waals surface area (Å²) in [4.78, 5) is 20.4. The Morgan fingerprint density at radius 3 is 2.78 bits per heavy atom. The lowest BCUT2D eigenvalue weighted by Gasteiger charge is -2.40. The van der Waals surface area contributed by atoms with Crippen molar-refractivity contribution in [1.29, 1.82) is 0 Å². The fraction of sp³-hybridized carbons (Fsp3) is 0.391. The van der Waals surface area contributed by atoms with E-state index in [1.807, 2.05) is 29.1 Å². The van der Waals surface area contributed by atoms with Crippen molar-refractivity contribution in [1.82, 2.24) is 29.8 Å². The highest BCUT2D eigenvalue weighted by atomic mass is 16.3. The molecule has 5 rings (SSSR count). The largest absolute Gasteiger partial charge is 0.392 e. The van der Waals surface area contributed by atoms with Crippen LogP contribution in [-0.2, 0) is 6.54 Å². The van der Waals surface area contributed by atoms with Crippen LogP contribution in [0.15, 0.2) is 43.0 Å². The molecule has 0 spiro atoms. The third kappa shape index (κ3) is 3.96. The summed E-state index contributed by atoms with van der Waals surface area (Å²) in [5.74, 6) is 1.14. The molecule has 0 amide bonds. The number of nitrogens with one attached hydrogen (secondary N) is 2. The molecule has 0 unspecified atom stereocenters. The zero-order valence-corrected chi connectivity index (χ0v) is 18.6. The first-order valence-electron chi connectivity index (χ1n) is 10.9. The van der Waals surface area contributed by atoms with Gasteiger partial charge in [-0.1, -0.05) is 0 Å². The maximum atomic E-state index is 10.00. The maximum absolute atomic E-state index is 10.00. The Morgan fingerprint density at radius 1 is 1.16 bits per heavy atom. The number of aliphatic hydroxyl groups excluding tert-OH is 1. The second-order valence-electron chi connectivity index (χ2n) is 9.04. The van der Waals surface area contributed by atoms with Gasteiger partial charge in [0.05, 0.1) is 36.2 Å². The van der Waals surface area contributed by atoms with Gasteiger partial charge in [0, 0.05) is 48.3 Å². The first-order chi connectivity index (χ1) is 15.4. The molecule has 166 valence electrons. The first-order valence-corrected chi connectivity index (χ1v) is 10.9. The number of rotatable bonds is 5. The Bertz CT molecular complexity index is 1250. The van der Waals surface area contributed by atoms with Crippen LogP contribution in [0.1, 0.15) is 20.8 Å². The highest BCUT2D eigenvalue weighted by Gasteiger charge is 2.25. The van der Waals surface area contributed by atoms with E-state index in [1.165, 1.54) is 0 Å². The summed E-state index contributed by atoms with van der Waals surface area (Å²) in [5.41, 5.74) is 2.87. The van der Waals surface area contributed by atoms with Gasteiger partial charge in [-0.2, -0.15) is 4.98 Å². The monoisotopic (exact) mass is 432 g/mol. The van der Waals surface area contributed by atoms with E-state index in [-0.39, 0.29) is 5.54 Å². The second kappa shape index (κ2) is 7.99. The Labute approximate surface area is 186 Å².